The molecule has 5 nitrogen and oxygen atoms in total. The van der Waals surface area contributed by atoms with E-state index in [1.807, 2.05) is 6.07 Å². The third-order valence-electron chi connectivity index (χ3n) is 3.19. The molecule has 0 saturated heterocycles. The molecule has 2 aromatic rings. The SMILES string of the molecule is CC(O)c1ccc(S(=O)(=O)NC(C)c2cccnc2)cc1. The Hall–Kier alpha value is -1.76. The molecule has 0 fully saturated rings. The fourth-order valence-corrected chi connectivity index (χ4v) is 3.16. The highest BCUT2D eigenvalue weighted by molar-refractivity contribution is 7.89. The molecule has 21 heavy (non-hydrogen) atoms. The van der Waals surface area contributed by atoms with E-state index in [4.69, 9.17) is 0 Å². The molecule has 2 N–H and O–H groups in total. The Morgan fingerprint density at radius 2 is 1.76 bits per heavy atom. The number of hydrogen-bond acceptors (Lipinski definition) is 4. The van der Waals surface area contributed by atoms with Crippen molar-refractivity contribution >= 4 is 10.0 Å². The van der Waals surface area contributed by atoms with Crippen molar-refractivity contribution in [2.75, 3.05) is 0 Å². The van der Waals surface area contributed by atoms with E-state index < -0.39 is 16.1 Å². The van der Waals surface area contributed by atoms with Crippen LogP contribution in [0.25, 0.3) is 0 Å². The maximum Gasteiger partial charge on any atom is 0.241 e. The van der Waals surface area contributed by atoms with Gasteiger partial charge < -0.3 is 5.11 Å². The van der Waals surface area contributed by atoms with Crippen LogP contribution in [0.2, 0.25) is 0 Å². The topological polar surface area (TPSA) is 79.3 Å². The largest absolute Gasteiger partial charge is 0.389 e. The summed E-state index contributed by atoms with van der Waals surface area (Å²) in [6.45, 7) is 3.39. The van der Waals surface area contributed by atoms with Gasteiger partial charge in [0, 0.05) is 18.4 Å². The summed E-state index contributed by atoms with van der Waals surface area (Å²) in [7, 11) is -3.61. The molecular formula is C15H18N2O3S. The molecule has 6 heteroatoms. The molecule has 0 amide bonds. The molecule has 112 valence electrons. The summed E-state index contributed by atoms with van der Waals surface area (Å²) in [6, 6.07) is 9.39. The number of hydrogen-bond donors (Lipinski definition) is 2. The van der Waals surface area contributed by atoms with Gasteiger partial charge in [-0.05, 0) is 43.2 Å². The van der Waals surface area contributed by atoms with Crippen LogP contribution in [0.1, 0.15) is 37.1 Å². The van der Waals surface area contributed by atoms with Crippen LogP contribution in [0.15, 0.2) is 53.7 Å². The molecule has 0 aliphatic heterocycles. The van der Waals surface area contributed by atoms with Crippen molar-refractivity contribution in [2.45, 2.75) is 30.9 Å². The Morgan fingerprint density at radius 1 is 1.10 bits per heavy atom. The highest BCUT2D eigenvalue weighted by Crippen LogP contribution is 2.18. The minimum absolute atomic E-state index is 0.169. The number of aliphatic hydroxyl groups is 1. The molecule has 2 unspecified atom stereocenters. The predicted molar refractivity (Wildman–Crippen MR) is 80.0 cm³/mol. The van der Waals surface area contributed by atoms with Gasteiger partial charge in [-0.25, -0.2) is 13.1 Å². The quantitative estimate of drug-likeness (QED) is 0.887. The van der Waals surface area contributed by atoms with Gasteiger partial charge in [0.1, 0.15) is 0 Å². The molecule has 1 aromatic carbocycles. The second-order valence-electron chi connectivity index (χ2n) is 4.87. The molecule has 1 heterocycles. The zero-order chi connectivity index (χ0) is 15.5. The lowest BCUT2D eigenvalue weighted by Gasteiger charge is -2.14. The molecule has 2 rings (SSSR count). The van der Waals surface area contributed by atoms with Crippen molar-refractivity contribution in [2.24, 2.45) is 0 Å². The van der Waals surface area contributed by atoms with E-state index in [2.05, 4.69) is 9.71 Å². The van der Waals surface area contributed by atoms with E-state index >= 15 is 0 Å². The maximum absolute atomic E-state index is 12.3. The van der Waals surface area contributed by atoms with Crippen LogP contribution >= 0.6 is 0 Å². The van der Waals surface area contributed by atoms with E-state index in [0.29, 0.717) is 5.56 Å². The average Bonchev–Trinajstić information content (AvgIpc) is 2.48. The van der Waals surface area contributed by atoms with Gasteiger partial charge >= 0.3 is 0 Å². The fraction of sp³-hybridized carbons (Fsp3) is 0.267. The number of rotatable bonds is 5. The van der Waals surface area contributed by atoms with E-state index in [1.165, 1.54) is 12.1 Å². The third-order valence-corrected chi connectivity index (χ3v) is 4.75. The summed E-state index contributed by atoms with van der Waals surface area (Å²) < 4.78 is 27.2. The average molecular weight is 306 g/mol. The number of sulfonamides is 1. The summed E-state index contributed by atoms with van der Waals surface area (Å²) in [5, 5.41) is 9.44. The van der Waals surface area contributed by atoms with Crippen molar-refractivity contribution in [1.82, 2.24) is 9.71 Å². The highest BCUT2D eigenvalue weighted by Gasteiger charge is 2.18. The molecule has 0 aliphatic rings. The lowest BCUT2D eigenvalue weighted by atomic mass is 10.1. The first-order valence-electron chi connectivity index (χ1n) is 6.60. The minimum atomic E-state index is -3.61. The van der Waals surface area contributed by atoms with E-state index in [1.54, 1.807) is 44.4 Å². The summed E-state index contributed by atoms with van der Waals surface area (Å²) in [5.41, 5.74) is 1.47. The Balaban J connectivity index is 2.18. The lowest BCUT2D eigenvalue weighted by Crippen LogP contribution is -2.27. The minimum Gasteiger partial charge on any atom is -0.389 e. The van der Waals surface area contributed by atoms with Crippen molar-refractivity contribution < 1.29 is 13.5 Å². The molecule has 0 aliphatic carbocycles. The molecule has 0 radical (unpaired) electrons. The number of aliphatic hydroxyl groups excluding tert-OH is 1. The highest BCUT2D eigenvalue weighted by atomic mass is 32.2. The molecule has 0 saturated carbocycles. The first kappa shape index (κ1) is 15.6. The van der Waals surface area contributed by atoms with Gasteiger partial charge in [-0.1, -0.05) is 18.2 Å². The monoisotopic (exact) mass is 306 g/mol. The van der Waals surface area contributed by atoms with Crippen molar-refractivity contribution in [3.8, 4) is 0 Å². The summed E-state index contributed by atoms with van der Waals surface area (Å²) in [6.07, 6.45) is 2.65. The smallest absolute Gasteiger partial charge is 0.241 e. The number of benzene rings is 1. The molecule has 0 bridgehead atoms. The second-order valence-corrected chi connectivity index (χ2v) is 6.59. The molecule has 2 atom stereocenters. The second kappa shape index (κ2) is 6.34. The first-order valence-corrected chi connectivity index (χ1v) is 8.09. The van der Waals surface area contributed by atoms with Gasteiger partial charge in [-0.3, -0.25) is 4.98 Å². The van der Waals surface area contributed by atoms with Crippen LogP contribution in [-0.2, 0) is 10.0 Å². The first-order chi connectivity index (χ1) is 9.90. The number of nitrogens with one attached hydrogen (secondary N) is 1. The predicted octanol–water partition coefficient (Wildman–Crippen LogP) is 2.17. The van der Waals surface area contributed by atoms with E-state index in [0.717, 1.165) is 5.56 Å². The van der Waals surface area contributed by atoms with Crippen LogP contribution in [0.4, 0.5) is 0 Å². The Labute approximate surface area is 124 Å². The zero-order valence-electron chi connectivity index (χ0n) is 11.9. The van der Waals surface area contributed by atoms with Gasteiger partial charge in [0.15, 0.2) is 0 Å². The lowest BCUT2D eigenvalue weighted by molar-refractivity contribution is 0.199. The summed E-state index contributed by atoms with van der Waals surface area (Å²) in [4.78, 5) is 4.15. The van der Waals surface area contributed by atoms with Crippen molar-refractivity contribution in [3.05, 3.63) is 59.9 Å². The van der Waals surface area contributed by atoms with Gasteiger partial charge in [0.25, 0.3) is 0 Å². The third kappa shape index (κ3) is 3.87. The van der Waals surface area contributed by atoms with Crippen LogP contribution in [0.3, 0.4) is 0 Å². The van der Waals surface area contributed by atoms with Gasteiger partial charge in [-0.2, -0.15) is 0 Å². The number of nitrogens with zero attached hydrogens (tertiary/aromatic N) is 1. The van der Waals surface area contributed by atoms with Crippen molar-refractivity contribution in [1.29, 1.82) is 0 Å². The number of aromatic nitrogens is 1. The van der Waals surface area contributed by atoms with Gasteiger partial charge in [-0.15, -0.1) is 0 Å². The van der Waals surface area contributed by atoms with Crippen LogP contribution in [-0.4, -0.2) is 18.5 Å². The van der Waals surface area contributed by atoms with Crippen LogP contribution < -0.4 is 4.72 Å². The van der Waals surface area contributed by atoms with E-state index in [9.17, 15) is 13.5 Å². The summed E-state index contributed by atoms with van der Waals surface area (Å²) >= 11 is 0. The standard InChI is InChI=1S/C15H18N2O3S/c1-11(14-4-3-9-16-10-14)17-21(19,20)15-7-5-13(6-8-15)12(2)18/h3-12,17-18H,1-2H3. The fourth-order valence-electron chi connectivity index (χ4n) is 1.93. The normalized spacial score (nSPS) is 14.6. The maximum atomic E-state index is 12.3. The number of pyridine rings is 1. The van der Waals surface area contributed by atoms with E-state index in [-0.39, 0.29) is 10.9 Å². The van der Waals surface area contributed by atoms with Gasteiger partial charge in [0.05, 0.1) is 11.0 Å². The Kier molecular flexibility index (Phi) is 4.72. The zero-order valence-corrected chi connectivity index (χ0v) is 12.7. The Morgan fingerprint density at radius 3 is 2.29 bits per heavy atom. The molecule has 0 spiro atoms. The van der Waals surface area contributed by atoms with Crippen molar-refractivity contribution in [3.63, 3.8) is 0 Å². The molecule has 1 aromatic heterocycles. The van der Waals surface area contributed by atoms with Crippen LogP contribution in [0, 0.1) is 0 Å². The molecular weight excluding hydrogens is 288 g/mol. The van der Waals surface area contributed by atoms with Crippen LogP contribution in [0.5, 0.6) is 0 Å². The van der Waals surface area contributed by atoms with Gasteiger partial charge in [0.2, 0.25) is 10.0 Å². The Bertz CT molecular complexity index is 683. The summed E-state index contributed by atoms with van der Waals surface area (Å²) in [5.74, 6) is 0.